The van der Waals surface area contributed by atoms with Gasteiger partial charge in [0.2, 0.25) is 11.9 Å². The molecule has 0 radical (unpaired) electrons. The molecule has 1 rings (SSSR count). The predicted molar refractivity (Wildman–Crippen MR) is 58.8 cm³/mol. The van der Waals surface area contributed by atoms with Gasteiger partial charge in [-0.2, -0.15) is 0 Å². The van der Waals surface area contributed by atoms with Gasteiger partial charge in [0.05, 0.1) is 0 Å². The van der Waals surface area contributed by atoms with Crippen LogP contribution in [-0.2, 0) is 4.79 Å². The summed E-state index contributed by atoms with van der Waals surface area (Å²) in [6.07, 6.45) is 1.49. The highest BCUT2D eigenvalue weighted by Crippen LogP contribution is 2.06. The molecule has 1 amide bonds. The van der Waals surface area contributed by atoms with E-state index in [9.17, 15) is 4.79 Å². The molecular weight excluding hydrogens is 216 g/mol. The number of nitrogens with one attached hydrogen (secondary N) is 2. The monoisotopic (exact) mass is 228 g/mol. The molecule has 0 aliphatic carbocycles. The van der Waals surface area contributed by atoms with Crippen molar-refractivity contribution in [3.8, 4) is 0 Å². The molecule has 0 aliphatic heterocycles. The number of hydrogen-bond donors (Lipinski definition) is 2. The number of anilines is 1. The van der Waals surface area contributed by atoms with E-state index in [0.717, 1.165) is 0 Å². The van der Waals surface area contributed by atoms with Crippen molar-refractivity contribution in [2.45, 2.75) is 6.92 Å². The molecule has 0 aromatic carbocycles. The highest BCUT2D eigenvalue weighted by molar-refractivity contribution is 6.29. The normalized spacial score (nSPS) is 12.2. The van der Waals surface area contributed by atoms with E-state index >= 15 is 0 Å². The molecule has 1 aromatic rings. The van der Waals surface area contributed by atoms with Crippen molar-refractivity contribution in [2.75, 3.05) is 18.9 Å². The molecular formula is C9H13ClN4O. The fraction of sp³-hybridized carbons (Fsp3) is 0.444. The Morgan fingerprint density at radius 1 is 1.67 bits per heavy atom. The summed E-state index contributed by atoms with van der Waals surface area (Å²) >= 11 is 5.65. The summed E-state index contributed by atoms with van der Waals surface area (Å²) in [5, 5.41) is 5.81. The zero-order chi connectivity index (χ0) is 11.3. The van der Waals surface area contributed by atoms with Crippen molar-refractivity contribution in [1.82, 2.24) is 15.3 Å². The van der Waals surface area contributed by atoms with E-state index in [2.05, 4.69) is 20.6 Å². The number of carbonyl (C=O) groups excluding carboxylic acids is 1. The van der Waals surface area contributed by atoms with Crippen LogP contribution in [0.15, 0.2) is 12.3 Å². The molecule has 15 heavy (non-hydrogen) atoms. The summed E-state index contributed by atoms with van der Waals surface area (Å²) in [4.78, 5) is 19.3. The number of amides is 1. The molecule has 1 atom stereocenters. The van der Waals surface area contributed by atoms with Crippen LogP contribution in [0.1, 0.15) is 6.92 Å². The van der Waals surface area contributed by atoms with Crippen LogP contribution >= 0.6 is 11.6 Å². The van der Waals surface area contributed by atoms with Crippen LogP contribution in [0.5, 0.6) is 0 Å². The van der Waals surface area contributed by atoms with E-state index in [-0.39, 0.29) is 17.8 Å². The maximum Gasteiger partial charge on any atom is 0.230 e. The lowest BCUT2D eigenvalue weighted by molar-refractivity contribution is -0.119. The molecule has 1 heterocycles. The molecule has 82 valence electrons. The van der Waals surface area contributed by atoms with E-state index in [0.29, 0.717) is 11.7 Å². The SMILES string of the molecule is CNCC(C)C(=O)Nc1nccc(Cl)n1. The zero-order valence-electron chi connectivity index (χ0n) is 8.62. The maximum atomic E-state index is 11.5. The lowest BCUT2D eigenvalue weighted by Crippen LogP contribution is -2.29. The van der Waals surface area contributed by atoms with E-state index in [1.54, 1.807) is 13.1 Å². The van der Waals surface area contributed by atoms with E-state index in [4.69, 9.17) is 11.6 Å². The average molecular weight is 229 g/mol. The van der Waals surface area contributed by atoms with Crippen molar-refractivity contribution in [1.29, 1.82) is 0 Å². The molecule has 2 N–H and O–H groups in total. The van der Waals surface area contributed by atoms with Crippen LogP contribution in [-0.4, -0.2) is 29.5 Å². The number of halogens is 1. The van der Waals surface area contributed by atoms with Gasteiger partial charge < -0.3 is 5.32 Å². The molecule has 0 bridgehead atoms. The van der Waals surface area contributed by atoms with Crippen LogP contribution in [0, 0.1) is 5.92 Å². The minimum atomic E-state index is -0.141. The van der Waals surface area contributed by atoms with Gasteiger partial charge in [0.15, 0.2) is 0 Å². The molecule has 0 saturated heterocycles. The van der Waals surface area contributed by atoms with Crippen molar-refractivity contribution < 1.29 is 4.79 Å². The van der Waals surface area contributed by atoms with Gasteiger partial charge in [-0.3, -0.25) is 10.1 Å². The van der Waals surface area contributed by atoms with E-state index in [1.807, 2.05) is 6.92 Å². The highest BCUT2D eigenvalue weighted by atomic mass is 35.5. The Balaban J connectivity index is 2.58. The summed E-state index contributed by atoms with van der Waals surface area (Å²) < 4.78 is 0. The molecule has 0 saturated carbocycles. The van der Waals surface area contributed by atoms with Crippen LogP contribution in [0.3, 0.4) is 0 Å². The first-order chi connectivity index (χ1) is 7.13. The van der Waals surface area contributed by atoms with Gasteiger partial charge in [-0.15, -0.1) is 0 Å². The molecule has 0 aliphatic rings. The van der Waals surface area contributed by atoms with E-state index < -0.39 is 0 Å². The number of carbonyl (C=O) groups is 1. The Morgan fingerprint density at radius 2 is 2.40 bits per heavy atom. The lowest BCUT2D eigenvalue weighted by atomic mass is 10.2. The number of hydrogen-bond acceptors (Lipinski definition) is 4. The van der Waals surface area contributed by atoms with Crippen molar-refractivity contribution in [3.63, 3.8) is 0 Å². The Hall–Kier alpha value is -1.20. The van der Waals surface area contributed by atoms with Gasteiger partial charge in [-0.1, -0.05) is 18.5 Å². The van der Waals surface area contributed by atoms with Crippen molar-refractivity contribution in [2.24, 2.45) is 5.92 Å². The number of nitrogens with zero attached hydrogens (tertiary/aromatic N) is 2. The standard InChI is InChI=1S/C9H13ClN4O/c1-6(5-11-2)8(15)14-9-12-4-3-7(10)13-9/h3-4,6,11H,5H2,1-2H3,(H,12,13,14,15). The number of rotatable bonds is 4. The van der Waals surface area contributed by atoms with Gasteiger partial charge >= 0.3 is 0 Å². The Labute approximate surface area is 93.3 Å². The lowest BCUT2D eigenvalue weighted by Gasteiger charge is -2.09. The quantitative estimate of drug-likeness (QED) is 0.753. The molecule has 6 heteroatoms. The Morgan fingerprint density at radius 3 is 3.00 bits per heavy atom. The third-order valence-electron chi connectivity index (χ3n) is 1.81. The topological polar surface area (TPSA) is 66.9 Å². The third kappa shape index (κ3) is 3.81. The smallest absolute Gasteiger partial charge is 0.230 e. The summed E-state index contributed by atoms with van der Waals surface area (Å²) in [6, 6.07) is 1.55. The van der Waals surface area contributed by atoms with Crippen molar-refractivity contribution in [3.05, 3.63) is 17.4 Å². The minimum Gasteiger partial charge on any atom is -0.319 e. The van der Waals surface area contributed by atoms with Gasteiger partial charge in [-0.25, -0.2) is 9.97 Å². The van der Waals surface area contributed by atoms with Gasteiger partial charge in [0.1, 0.15) is 5.15 Å². The fourth-order valence-electron chi connectivity index (χ4n) is 1.03. The second kappa shape index (κ2) is 5.63. The summed E-state index contributed by atoms with van der Waals surface area (Å²) in [7, 11) is 1.79. The van der Waals surface area contributed by atoms with Gasteiger partial charge in [0.25, 0.3) is 0 Å². The summed E-state index contributed by atoms with van der Waals surface area (Å²) in [5.41, 5.74) is 0. The fourth-order valence-corrected chi connectivity index (χ4v) is 1.17. The largest absolute Gasteiger partial charge is 0.319 e. The Kier molecular flexibility index (Phi) is 4.45. The summed E-state index contributed by atoms with van der Waals surface area (Å²) in [6.45, 7) is 2.42. The van der Waals surface area contributed by atoms with E-state index in [1.165, 1.54) is 6.20 Å². The molecule has 1 unspecified atom stereocenters. The second-order valence-corrected chi connectivity index (χ2v) is 3.54. The van der Waals surface area contributed by atoms with Crippen LogP contribution < -0.4 is 10.6 Å². The summed E-state index contributed by atoms with van der Waals surface area (Å²) in [5.74, 6) is -0.0420. The first-order valence-electron chi connectivity index (χ1n) is 4.57. The first kappa shape index (κ1) is 11.9. The third-order valence-corrected chi connectivity index (χ3v) is 2.02. The van der Waals surface area contributed by atoms with Crippen molar-refractivity contribution >= 4 is 23.5 Å². The van der Waals surface area contributed by atoms with Crippen LogP contribution in [0.2, 0.25) is 5.15 Å². The minimum absolute atomic E-state index is 0.133. The molecule has 0 fully saturated rings. The first-order valence-corrected chi connectivity index (χ1v) is 4.95. The molecule has 1 aromatic heterocycles. The number of aromatic nitrogens is 2. The maximum absolute atomic E-state index is 11.5. The van der Waals surface area contributed by atoms with Crippen LogP contribution in [0.25, 0.3) is 0 Å². The van der Waals surface area contributed by atoms with Gasteiger partial charge in [0, 0.05) is 18.7 Å². The predicted octanol–water partition coefficient (Wildman–Crippen LogP) is 0.924. The van der Waals surface area contributed by atoms with Crippen LogP contribution in [0.4, 0.5) is 5.95 Å². The molecule has 5 nitrogen and oxygen atoms in total. The van der Waals surface area contributed by atoms with Gasteiger partial charge in [-0.05, 0) is 13.1 Å². The average Bonchev–Trinajstić information content (AvgIpc) is 2.18. The highest BCUT2D eigenvalue weighted by Gasteiger charge is 2.12. The Bertz CT molecular complexity index is 345. The second-order valence-electron chi connectivity index (χ2n) is 3.15. The molecule has 0 spiro atoms. The zero-order valence-corrected chi connectivity index (χ0v) is 9.38.